The Morgan fingerprint density at radius 2 is 2.40 bits per heavy atom. The zero-order valence-electron chi connectivity index (χ0n) is 8.66. The van der Waals surface area contributed by atoms with Crippen molar-refractivity contribution in [3.8, 4) is 0 Å². The predicted molar refractivity (Wildman–Crippen MR) is 64.6 cm³/mol. The largest absolute Gasteiger partial charge is 0.349 e. The fourth-order valence-corrected chi connectivity index (χ4v) is 1.80. The molecular weight excluding hydrogens is 232 g/mol. The first-order chi connectivity index (χ1) is 7.13. The van der Waals surface area contributed by atoms with Crippen molar-refractivity contribution in [2.75, 3.05) is 12.0 Å². The summed E-state index contributed by atoms with van der Waals surface area (Å²) in [6, 6.07) is 3.43. The number of rotatable bonds is 4. The third kappa shape index (κ3) is 4.10. The van der Waals surface area contributed by atoms with Crippen LogP contribution in [0.1, 0.15) is 17.3 Å². The first-order valence-corrected chi connectivity index (χ1v) is 6.32. The number of hydrogen-bond donors (Lipinski definition) is 1. The number of thioether (sulfide) groups is 1. The maximum Gasteiger partial charge on any atom is 0.253 e. The molecule has 0 bridgehead atoms. The van der Waals surface area contributed by atoms with Crippen molar-refractivity contribution in [3.63, 3.8) is 0 Å². The molecule has 1 amide bonds. The molecule has 0 aromatic carbocycles. The van der Waals surface area contributed by atoms with Gasteiger partial charge in [-0.1, -0.05) is 11.6 Å². The lowest BCUT2D eigenvalue weighted by Gasteiger charge is -2.11. The highest BCUT2D eigenvalue weighted by Gasteiger charge is 2.09. The van der Waals surface area contributed by atoms with E-state index < -0.39 is 0 Å². The van der Waals surface area contributed by atoms with Crippen LogP contribution in [0, 0.1) is 0 Å². The number of aromatic nitrogens is 1. The van der Waals surface area contributed by atoms with E-state index in [1.165, 1.54) is 6.20 Å². The monoisotopic (exact) mass is 244 g/mol. The van der Waals surface area contributed by atoms with Crippen LogP contribution >= 0.6 is 23.4 Å². The minimum Gasteiger partial charge on any atom is -0.349 e. The maximum absolute atomic E-state index is 11.6. The summed E-state index contributed by atoms with van der Waals surface area (Å²) in [4.78, 5) is 15.5. The fraction of sp³-hybridized carbons (Fsp3) is 0.400. The number of hydrogen-bond acceptors (Lipinski definition) is 3. The molecule has 0 saturated carbocycles. The van der Waals surface area contributed by atoms with Crippen LogP contribution in [-0.4, -0.2) is 28.9 Å². The van der Waals surface area contributed by atoms with Crippen molar-refractivity contribution < 1.29 is 4.79 Å². The van der Waals surface area contributed by atoms with Gasteiger partial charge >= 0.3 is 0 Å². The van der Waals surface area contributed by atoms with Crippen LogP contribution in [0.5, 0.6) is 0 Å². The second-order valence-electron chi connectivity index (χ2n) is 3.20. The van der Waals surface area contributed by atoms with Crippen molar-refractivity contribution in [2.24, 2.45) is 0 Å². The fourth-order valence-electron chi connectivity index (χ4n) is 1.11. The predicted octanol–water partition coefficient (Wildman–Crippen LogP) is 2.22. The molecule has 3 nitrogen and oxygen atoms in total. The van der Waals surface area contributed by atoms with E-state index in [1.807, 2.05) is 13.2 Å². The quantitative estimate of drug-likeness (QED) is 0.826. The Balaban J connectivity index is 2.57. The molecule has 82 valence electrons. The lowest BCUT2D eigenvalue weighted by molar-refractivity contribution is 0.0943. The molecule has 1 atom stereocenters. The number of nitrogens with zero attached hydrogens (tertiary/aromatic N) is 1. The van der Waals surface area contributed by atoms with Crippen molar-refractivity contribution in [2.45, 2.75) is 13.0 Å². The van der Waals surface area contributed by atoms with Gasteiger partial charge in [-0.15, -0.1) is 0 Å². The number of nitrogens with one attached hydrogen (secondary N) is 1. The Morgan fingerprint density at radius 1 is 1.67 bits per heavy atom. The van der Waals surface area contributed by atoms with Gasteiger partial charge in [0.25, 0.3) is 5.91 Å². The molecule has 1 rings (SSSR count). The summed E-state index contributed by atoms with van der Waals surface area (Å²) in [7, 11) is 0. The molecule has 0 aliphatic rings. The Labute approximate surface area is 98.6 Å². The number of carbonyl (C=O) groups is 1. The molecule has 0 aliphatic carbocycles. The van der Waals surface area contributed by atoms with Gasteiger partial charge in [0.05, 0.1) is 5.56 Å². The third-order valence-electron chi connectivity index (χ3n) is 1.78. The number of carbonyl (C=O) groups excluding carboxylic acids is 1. The van der Waals surface area contributed by atoms with E-state index in [9.17, 15) is 4.79 Å². The van der Waals surface area contributed by atoms with Crippen LogP contribution < -0.4 is 5.32 Å². The van der Waals surface area contributed by atoms with Crippen molar-refractivity contribution in [1.29, 1.82) is 0 Å². The summed E-state index contributed by atoms with van der Waals surface area (Å²) in [5.41, 5.74) is 0.535. The number of amides is 1. The van der Waals surface area contributed by atoms with Gasteiger partial charge in [-0.05, 0) is 25.3 Å². The van der Waals surface area contributed by atoms with E-state index in [-0.39, 0.29) is 11.9 Å². The first-order valence-electron chi connectivity index (χ1n) is 4.55. The molecule has 0 fully saturated rings. The zero-order chi connectivity index (χ0) is 11.3. The van der Waals surface area contributed by atoms with E-state index in [1.54, 1.807) is 23.9 Å². The summed E-state index contributed by atoms with van der Waals surface area (Å²) < 4.78 is 0. The molecule has 1 heterocycles. The Morgan fingerprint density at radius 3 is 2.93 bits per heavy atom. The minimum absolute atomic E-state index is 0.110. The molecule has 1 N–H and O–H groups in total. The zero-order valence-corrected chi connectivity index (χ0v) is 10.2. The SMILES string of the molecule is CSCC(C)NC(=O)c1ccc(Cl)nc1. The second-order valence-corrected chi connectivity index (χ2v) is 4.50. The minimum atomic E-state index is -0.110. The van der Waals surface area contributed by atoms with E-state index in [2.05, 4.69) is 10.3 Å². The Kier molecular flexibility index (Phi) is 4.91. The van der Waals surface area contributed by atoms with Crippen LogP contribution in [0.25, 0.3) is 0 Å². The average molecular weight is 245 g/mol. The molecule has 1 aromatic heterocycles. The molecule has 0 saturated heterocycles. The van der Waals surface area contributed by atoms with Gasteiger partial charge in [0.2, 0.25) is 0 Å². The molecule has 5 heteroatoms. The molecule has 1 unspecified atom stereocenters. The van der Waals surface area contributed by atoms with Crippen LogP contribution in [0.3, 0.4) is 0 Å². The normalized spacial score (nSPS) is 12.2. The number of halogens is 1. The van der Waals surface area contributed by atoms with Gasteiger partial charge in [-0.3, -0.25) is 4.79 Å². The Bertz CT molecular complexity index is 329. The molecular formula is C10H13ClN2OS. The van der Waals surface area contributed by atoms with Gasteiger partial charge in [0.15, 0.2) is 0 Å². The topological polar surface area (TPSA) is 42.0 Å². The second kappa shape index (κ2) is 5.98. The smallest absolute Gasteiger partial charge is 0.253 e. The van der Waals surface area contributed by atoms with E-state index in [0.717, 1.165) is 5.75 Å². The lowest BCUT2D eigenvalue weighted by Crippen LogP contribution is -2.34. The van der Waals surface area contributed by atoms with Crippen LogP contribution in [0.4, 0.5) is 0 Å². The standard InChI is InChI=1S/C10H13ClN2OS/c1-7(6-15-2)13-10(14)8-3-4-9(11)12-5-8/h3-5,7H,6H2,1-2H3,(H,13,14). The molecule has 0 aliphatic heterocycles. The van der Waals surface area contributed by atoms with Crippen LogP contribution in [-0.2, 0) is 0 Å². The molecule has 0 radical (unpaired) electrons. The van der Waals surface area contributed by atoms with Crippen LogP contribution in [0.2, 0.25) is 5.15 Å². The van der Waals surface area contributed by atoms with Gasteiger partial charge in [0.1, 0.15) is 5.15 Å². The third-order valence-corrected chi connectivity index (χ3v) is 2.84. The van der Waals surface area contributed by atoms with Crippen molar-refractivity contribution >= 4 is 29.3 Å². The Hall–Kier alpha value is -0.740. The molecule has 1 aromatic rings. The van der Waals surface area contributed by atoms with E-state index >= 15 is 0 Å². The maximum atomic E-state index is 11.6. The summed E-state index contributed by atoms with van der Waals surface area (Å²) in [5.74, 6) is 0.785. The van der Waals surface area contributed by atoms with E-state index in [4.69, 9.17) is 11.6 Å². The lowest BCUT2D eigenvalue weighted by atomic mass is 10.2. The van der Waals surface area contributed by atoms with Gasteiger partial charge in [-0.25, -0.2) is 4.98 Å². The van der Waals surface area contributed by atoms with Gasteiger partial charge in [-0.2, -0.15) is 11.8 Å². The highest BCUT2D eigenvalue weighted by atomic mass is 35.5. The summed E-state index contributed by atoms with van der Waals surface area (Å²) in [5, 5.41) is 3.27. The molecule has 0 spiro atoms. The van der Waals surface area contributed by atoms with Gasteiger partial charge < -0.3 is 5.32 Å². The van der Waals surface area contributed by atoms with Gasteiger partial charge in [0, 0.05) is 18.0 Å². The van der Waals surface area contributed by atoms with E-state index in [0.29, 0.717) is 10.7 Å². The summed E-state index contributed by atoms with van der Waals surface area (Å²) in [6.07, 6.45) is 3.48. The van der Waals surface area contributed by atoms with Crippen molar-refractivity contribution in [1.82, 2.24) is 10.3 Å². The first kappa shape index (κ1) is 12.3. The average Bonchev–Trinajstić information content (AvgIpc) is 2.18. The molecule has 15 heavy (non-hydrogen) atoms. The van der Waals surface area contributed by atoms with Crippen LogP contribution in [0.15, 0.2) is 18.3 Å². The summed E-state index contributed by atoms with van der Waals surface area (Å²) >= 11 is 7.32. The highest BCUT2D eigenvalue weighted by Crippen LogP contribution is 2.05. The van der Waals surface area contributed by atoms with Crippen molar-refractivity contribution in [3.05, 3.63) is 29.0 Å². The summed E-state index contributed by atoms with van der Waals surface area (Å²) in [6.45, 7) is 1.97. The highest BCUT2D eigenvalue weighted by molar-refractivity contribution is 7.98. The number of pyridine rings is 1.